The lowest BCUT2D eigenvalue weighted by Gasteiger charge is -2.29. The van der Waals surface area contributed by atoms with Crippen molar-refractivity contribution in [2.75, 3.05) is 38.9 Å². The standard InChI is InChI=1S/C26H24O10S2/c1-37(27,28)35-23-11-15-25(31-17-5-18-32-25)13-9-21-7-3-4-8-22(21)10-14-26(33-19-6-20-34-26)16-12-24(23)36-38(2,29)30/h3-4,7-8,23-24H,5-6,17-20H2,1-2H3. The van der Waals surface area contributed by atoms with Gasteiger partial charge in [-0.25, -0.2) is 8.37 Å². The van der Waals surface area contributed by atoms with E-state index >= 15 is 0 Å². The average molecular weight is 561 g/mol. The third kappa shape index (κ3) is 7.82. The van der Waals surface area contributed by atoms with Gasteiger partial charge in [0.1, 0.15) is 0 Å². The molecule has 1 aliphatic carbocycles. The van der Waals surface area contributed by atoms with Crippen LogP contribution in [0.2, 0.25) is 0 Å². The molecule has 2 aliphatic heterocycles. The van der Waals surface area contributed by atoms with Crippen molar-refractivity contribution in [2.45, 2.75) is 36.6 Å². The molecule has 0 aromatic heterocycles. The topological polar surface area (TPSA) is 124 Å². The molecule has 3 aliphatic rings. The van der Waals surface area contributed by atoms with Crippen LogP contribution in [0.5, 0.6) is 0 Å². The Morgan fingerprint density at radius 3 is 1.39 bits per heavy atom. The number of hydrogen-bond donors (Lipinski definition) is 0. The van der Waals surface area contributed by atoms with Gasteiger partial charge in [-0.15, -0.1) is 0 Å². The first-order valence-electron chi connectivity index (χ1n) is 11.5. The second-order valence-electron chi connectivity index (χ2n) is 8.36. The lowest BCUT2D eigenvalue weighted by Crippen LogP contribution is -2.40. The number of ether oxygens (including phenoxy) is 4. The summed E-state index contributed by atoms with van der Waals surface area (Å²) in [5.74, 6) is 18.7. The molecule has 12 heteroatoms. The van der Waals surface area contributed by atoms with E-state index in [0.29, 0.717) is 24.0 Å². The Hall–Kier alpha value is -2.88. The van der Waals surface area contributed by atoms with Crippen molar-refractivity contribution in [3.8, 4) is 47.4 Å². The summed E-state index contributed by atoms with van der Waals surface area (Å²) >= 11 is 0. The Labute approximate surface area is 222 Å². The minimum atomic E-state index is -4.16. The van der Waals surface area contributed by atoms with Crippen LogP contribution >= 0.6 is 0 Å². The van der Waals surface area contributed by atoms with E-state index in [9.17, 15) is 16.8 Å². The third-order valence-corrected chi connectivity index (χ3v) is 6.15. The highest BCUT2D eigenvalue weighted by molar-refractivity contribution is 7.86. The summed E-state index contributed by atoms with van der Waals surface area (Å²) in [6.07, 6.45) is -0.697. The van der Waals surface area contributed by atoms with Gasteiger partial charge in [0.15, 0.2) is 12.2 Å². The van der Waals surface area contributed by atoms with Gasteiger partial charge in [-0.2, -0.15) is 16.8 Å². The van der Waals surface area contributed by atoms with Crippen molar-refractivity contribution in [3.05, 3.63) is 35.4 Å². The highest BCUT2D eigenvalue weighted by Gasteiger charge is 2.35. The zero-order chi connectivity index (χ0) is 27.3. The number of fused-ring (bicyclic) bond motifs is 1. The zero-order valence-electron chi connectivity index (χ0n) is 20.6. The summed E-state index contributed by atoms with van der Waals surface area (Å²) in [5.41, 5.74) is 1.08. The highest BCUT2D eigenvalue weighted by Crippen LogP contribution is 2.22. The van der Waals surface area contributed by atoms with E-state index < -0.39 is 44.0 Å². The molecule has 0 radical (unpaired) electrons. The molecule has 1 aromatic rings. The Bertz CT molecular complexity index is 1400. The van der Waals surface area contributed by atoms with Crippen LogP contribution in [0.1, 0.15) is 24.0 Å². The molecule has 0 N–H and O–H groups in total. The summed E-state index contributed by atoms with van der Waals surface area (Å²) < 4.78 is 81.5. The second kappa shape index (κ2) is 11.5. The minimum Gasteiger partial charge on any atom is -0.330 e. The minimum absolute atomic E-state index is 0.267. The predicted octanol–water partition coefficient (Wildman–Crippen LogP) is 0.366. The molecular weight excluding hydrogens is 536 g/mol. The maximum Gasteiger partial charge on any atom is 0.301 e. The fourth-order valence-electron chi connectivity index (χ4n) is 3.43. The van der Waals surface area contributed by atoms with Crippen LogP contribution < -0.4 is 0 Å². The van der Waals surface area contributed by atoms with E-state index in [1.165, 1.54) is 0 Å². The van der Waals surface area contributed by atoms with Crippen molar-refractivity contribution in [3.63, 3.8) is 0 Å². The van der Waals surface area contributed by atoms with Crippen LogP contribution in [-0.4, -0.2) is 79.6 Å². The van der Waals surface area contributed by atoms with Crippen LogP contribution in [0.4, 0.5) is 0 Å². The van der Waals surface area contributed by atoms with E-state index in [4.69, 9.17) is 27.3 Å². The molecule has 38 heavy (non-hydrogen) atoms. The van der Waals surface area contributed by atoms with Gasteiger partial charge in [-0.3, -0.25) is 0 Å². The largest absolute Gasteiger partial charge is 0.330 e. The fraction of sp³-hybridized carbons (Fsp3) is 0.462. The maximum absolute atomic E-state index is 12.1. The summed E-state index contributed by atoms with van der Waals surface area (Å²) in [6, 6.07) is 7.07. The molecule has 0 bridgehead atoms. The first kappa shape index (κ1) is 28.1. The monoisotopic (exact) mass is 560 g/mol. The van der Waals surface area contributed by atoms with Crippen molar-refractivity contribution in [1.29, 1.82) is 0 Å². The Kier molecular flexibility index (Phi) is 8.49. The summed E-state index contributed by atoms with van der Waals surface area (Å²) in [7, 11) is -8.32. The van der Waals surface area contributed by atoms with Crippen LogP contribution in [0.15, 0.2) is 24.3 Å². The van der Waals surface area contributed by atoms with E-state index in [1.54, 1.807) is 24.3 Å². The van der Waals surface area contributed by atoms with Gasteiger partial charge in [0.25, 0.3) is 20.2 Å². The smallest absolute Gasteiger partial charge is 0.301 e. The SMILES string of the molecule is CS(=O)(=O)OC1C#CC2(C#Cc3ccccc3C#CC3(C#CC1OS(C)(=O)=O)OCCCO3)OCCCO2. The highest BCUT2D eigenvalue weighted by atomic mass is 32.2. The first-order valence-corrected chi connectivity index (χ1v) is 15.1. The molecule has 2 heterocycles. The molecule has 0 saturated carbocycles. The van der Waals surface area contributed by atoms with Crippen molar-refractivity contribution < 1.29 is 44.1 Å². The average Bonchev–Trinajstić information content (AvgIpc) is 2.87. The number of hydrogen-bond acceptors (Lipinski definition) is 10. The normalized spacial score (nSPS) is 24.1. The molecule has 1 aromatic carbocycles. The van der Waals surface area contributed by atoms with Crippen LogP contribution in [0, 0.1) is 47.4 Å². The molecule has 2 unspecified atom stereocenters. The molecule has 2 saturated heterocycles. The molecule has 200 valence electrons. The quantitative estimate of drug-likeness (QED) is 0.377. The van der Waals surface area contributed by atoms with Crippen LogP contribution in [0.25, 0.3) is 0 Å². The van der Waals surface area contributed by atoms with Gasteiger partial charge in [0, 0.05) is 11.1 Å². The maximum atomic E-state index is 12.1. The van der Waals surface area contributed by atoms with Gasteiger partial charge < -0.3 is 18.9 Å². The van der Waals surface area contributed by atoms with E-state index in [-0.39, 0.29) is 26.4 Å². The third-order valence-electron chi connectivity index (χ3n) is 5.04. The van der Waals surface area contributed by atoms with Gasteiger partial charge >= 0.3 is 11.6 Å². The van der Waals surface area contributed by atoms with Crippen molar-refractivity contribution in [2.24, 2.45) is 0 Å². The lowest BCUT2D eigenvalue weighted by atomic mass is 10.1. The van der Waals surface area contributed by atoms with Crippen molar-refractivity contribution in [1.82, 2.24) is 0 Å². The molecule has 2 spiro atoms. The van der Waals surface area contributed by atoms with E-state index in [0.717, 1.165) is 12.5 Å². The van der Waals surface area contributed by atoms with Crippen molar-refractivity contribution >= 4 is 20.2 Å². The van der Waals surface area contributed by atoms with Gasteiger partial charge in [0.05, 0.1) is 38.9 Å². The molecule has 2 fully saturated rings. The summed E-state index contributed by atoms with van der Waals surface area (Å²) in [5, 5.41) is 0. The lowest BCUT2D eigenvalue weighted by molar-refractivity contribution is -0.193. The number of rotatable bonds is 4. The van der Waals surface area contributed by atoms with Gasteiger partial charge in [-0.05, 0) is 48.7 Å². The molecular formula is C26H24O10S2. The molecule has 0 amide bonds. The number of benzene rings is 1. The summed E-state index contributed by atoms with van der Waals surface area (Å²) in [6.45, 7) is 1.07. The second-order valence-corrected chi connectivity index (χ2v) is 11.6. The predicted molar refractivity (Wildman–Crippen MR) is 134 cm³/mol. The zero-order valence-corrected chi connectivity index (χ0v) is 22.2. The Morgan fingerprint density at radius 1 is 0.684 bits per heavy atom. The first-order chi connectivity index (χ1) is 18.0. The van der Waals surface area contributed by atoms with Crippen LogP contribution in [0.3, 0.4) is 0 Å². The fourth-order valence-corrected chi connectivity index (χ4v) is 4.48. The van der Waals surface area contributed by atoms with E-state index in [2.05, 4.69) is 47.4 Å². The van der Waals surface area contributed by atoms with Gasteiger partial charge in [0.2, 0.25) is 0 Å². The van der Waals surface area contributed by atoms with Crippen LogP contribution in [-0.2, 0) is 47.5 Å². The molecule has 10 nitrogen and oxygen atoms in total. The van der Waals surface area contributed by atoms with Gasteiger partial charge in [-0.1, -0.05) is 35.8 Å². The summed E-state index contributed by atoms with van der Waals surface area (Å²) in [4.78, 5) is 0. The Morgan fingerprint density at radius 2 is 1.05 bits per heavy atom. The molecule has 2 atom stereocenters. The van der Waals surface area contributed by atoms with E-state index in [1.807, 2.05) is 0 Å². The molecule has 4 rings (SSSR count). The Balaban J connectivity index is 1.95.